The zero-order valence-corrected chi connectivity index (χ0v) is 42.5. The number of hydrogen-bond donors (Lipinski definition) is 0. The maximum atomic E-state index is 2.56. The van der Waals surface area contributed by atoms with Gasteiger partial charge in [-0.2, -0.15) is 0 Å². The molecular formula is C66H52N2S2. The molecule has 70 heavy (non-hydrogen) atoms. The maximum absolute atomic E-state index is 2.56. The van der Waals surface area contributed by atoms with Gasteiger partial charge in [0.2, 0.25) is 0 Å². The van der Waals surface area contributed by atoms with Crippen LogP contribution in [0.5, 0.6) is 0 Å². The van der Waals surface area contributed by atoms with Crippen LogP contribution in [0, 0.1) is 0 Å². The molecule has 4 heteroatoms. The van der Waals surface area contributed by atoms with E-state index < -0.39 is 0 Å². The minimum Gasteiger partial charge on any atom is -0.310 e. The molecule has 0 N–H and O–H groups in total. The zero-order valence-electron chi connectivity index (χ0n) is 40.9. The lowest BCUT2D eigenvalue weighted by Gasteiger charge is -2.42. The lowest BCUT2D eigenvalue weighted by molar-refractivity contribution is 0.638. The lowest BCUT2D eigenvalue weighted by atomic mass is 9.73. The molecule has 0 amide bonds. The Morgan fingerprint density at radius 3 is 1.10 bits per heavy atom. The first-order chi connectivity index (χ1) is 33.7. The van der Waals surface area contributed by atoms with Crippen molar-refractivity contribution >= 4 is 97.1 Å². The van der Waals surface area contributed by atoms with Crippen molar-refractivity contribution in [1.82, 2.24) is 0 Å². The van der Waals surface area contributed by atoms with Crippen molar-refractivity contribution in [3.63, 3.8) is 0 Å². The highest BCUT2D eigenvalue weighted by Crippen LogP contribution is 2.60. The molecule has 0 unspecified atom stereocenters. The molecule has 11 aromatic rings. The van der Waals surface area contributed by atoms with Gasteiger partial charge in [0, 0.05) is 84.5 Å². The monoisotopic (exact) mass is 936 g/mol. The summed E-state index contributed by atoms with van der Waals surface area (Å²) in [5, 5.41) is 5.39. The molecule has 338 valence electrons. The number of para-hydroxylation sites is 2. The summed E-state index contributed by atoms with van der Waals surface area (Å²) in [6.45, 7) is 19.3. The standard InChI is InChI=1S/C66H52N2S2/c1-63(2)47-19-11-9-17-39(47)41-27-25-37(33-51(41)63)67-53-23-15-13-21-49(53)65(5,6)59-55(67)31-29-43-45-35-58-46(36-57(45)69-61(43)59)44-30-32-56-60(62(44)70-58)66(7,8)50-22-14-16-24-54(50)68(56)38-26-28-42-40-18-10-12-20-48(40)64(3,4)52(42)34-38/h9-36H,1-8H3. The summed E-state index contributed by atoms with van der Waals surface area (Å²) in [5.74, 6) is 0. The van der Waals surface area contributed by atoms with Crippen LogP contribution < -0.4 is 9.80 Å². The summed E-state index contributed by atoms with van der Waals surface area (Å²) in [6, 6.07) is 65.3. The minimum atomic E-state index is -0.218. The molecule has 2 aliphatic carbocycles. The summed E-state index contributed by atoms with van der Waals surface area (Å²) >= 11 is 3.96. The summed E-state index contributed by atoms with van der Waals surface area (Å²) in [4.78, 5) is 5.11. The van der Waals surface area contributed by atoms with Crippen LogP contribution in [0.4, 0.5) is 34.1 Å². The maximum Gasteiger partial charge on any atom is 0.0517 e. The average molecular weight is 937 g/mol. The Kier molecular flexibility index (Phi) is 7.85. The highest BCUT2D eigenvalue weighted by atomic mass is 32.1. The van der Waals surface area contributed by atoms with Crippen LogP contribution in [0.1, 0.15) is 99.9 Å². The van der Waals surface area contributed by atoms with Gasteiger partial charge in [0.25, 0.3) is 0 Å². The van der Waals surface area contributed by atoms with E-state index >= 15 is 0 Å². The van der Waals surface area contributed by atoms with Gasteiger partial charge in [-0.1, -0.05) is 165 Å². The summed E-state index contributed by atoms with van der Waals surface area (Å²) < 4.78 is 5.47. The van der Waals surface area contributed by atoms with Crippen LogP contribution in [-0.2, 0) is 21.7 Å². The van der Waals surface area contributed by atoms with E-state index in [9.17, 15) is 0 Å². The van der Waals surface area contributed by atoms with E-state index in [-0.39, 0.29) is 21.7 Å². The van der Waals surface area contributed by atoms with Crippen LogP contribution in [0.15, 0.2) is 170 Å². The average Bonchev–Trinajstić information content (AvgIpc) is 4.05. The molecule has 4 aliphatic rings. The molecule has 0 fully saturated rings. The van der Waals surface area contributed by atoms with Crippen LogP contribution in [0.3, 0.4) is 0 Å². The Hall–Kier alpha value is -6.98. The first kappa shape index (κ1) is 40.9. The fourth-order valence-corrected chi connectivity index (χ4v) is 16.7. The fraction of sp³-hybridized carbons (Fsp3) is 0.182. The number of hydrogen-bond acceptors (Lipinski definition) is 4. The third kappa shape index (κ3) is 5.03. The number of thiophene rings is 2. The summed E-state index contributed by atoms with van der Waals surface area (Å²) in [6.07, 6.45) is 0. The molecule has 2 aromatic heterocycles. The van der Waals surface area contributed by atoms with Gasteiger partial charge in [-0.25, -0.2) is 0 Å². The van der Waals surface area contributed by atoms with Crippen LogP contribution in [-0.4, -0.2) is 0 Å². The van der Waals surface area contributed by atoms with Crippen molar-refractivity contribution in [3.05, 3.63) is 214 Å². The fourth-order valence-electron chi connectivity index (χ4n) is 13.9. The minimum absolute atomic E-state index is 0.0854. The third-order valence-corrected chi connectivity index (χ3v) is 19.7. The molecule has 15 rings (SSSR count). The highest BCUT2D eigenvalue weighted by molar-refractivity contribution is 7.27. The molecule has 0 spiro atoms. The topological polar surface area (TPSA) is 6.48 Å². The Morgan fingerprint density at radius 2 is 0.671 bits per heavy atom. The smallest absolute Gasteiger partial charge is 0.0517 e. The van der Waals surface area contributed by atoms with Gasteiger partial charge in [0.05, 0.1) is 22.7 Å². The molecular weight excluding hydrogens is 885 g/mol. The van der Waals surface area contributed by atoms with Crippen molar-refractivity contribution in [1.29, 1.82) is 0 Å². The molecule has 0 radical (unpaired) electrons. The van der Waals surface area contributed by atoms with Crippen molar-refractivity contribution in [2.24, 2.45) is 0 Å². The molecule has 0 atom stereocenters. The first-order valence-corrected chi connectivity index (χ1v) is 26.6. The van der Waals surface area contributed by atoms with E-state index in [2.05, 4.69) is 235 Å². The van der Waals surface area contributed by atoms with E-state index in [1.807, 2.05) is 22.7 Å². The quantitative estimate of drug-likeness (QED) is 0.170. The molecule has 0 bridgehead atoms. The van der Waals surface area contributed by atoms with Gasteiger partial charge in [0.15, 0.2) is 0 Å². The van der Waals surface area contributed by atoms with E-state index in [0.717, 1.165) is 0 Å². The number of rotatable bonds is 2. The zero-order chi connectivity index (χ0) is 47.4. The van der Waals surface area contributed by atoms with Crippen molar-refractivity contribution < 1.29 is 0 Å². The van der Waals surface area contributed by atoms with E-state index in [0.29, 0.717) is 0 Å². The van der Waals surface area contributed by atoms with E-state index in [4.69, 9.17) is 0 Å². The predicted molar refractivity (Wildman–Crippen MR) is 301 cm³/mol. The molecule has 0 saturated carbocycles. The Balaban J connectivity index is 0.904. The van der Waals surface area contributed by atoms with E-state index in [1.54, 1.807) is 0 Å². The molecule has 9 aromatic carbocycles. The molecule has 2 aliphatic heterocycles. The number of anilines is 6. The van der Waals surface area contributed by atoms with E-state index in [1.165, 1.54) is 141 Å². The molecule has 0 saturated heterocycles. The number of fused-ring (bicyclic) bond motifs is 18. The van der Waals surface area contributed by atoms with Gasteiger partial charge in [-0.05, 0) is 116 Å². The first-order valence-electron chi connectivity index (χ1n) is 24.9. The number of benzene rings is 9. The second kappa shape index (κ2) is 13.5. The Morgan fingerprint density at radius 1 is 0.300 bits per heavy atom. The largest absolute Gasteiger partial charge is 0.310 e. The van der Waals surface area contributed by atoms with Gasteiger partial charge in [-0.15, -0.1) is 22.7 Å². The number of nitrogens with zero attached hydrogens (tertiary/aromatic N) is 2. The van der Waals surface area contributed by atoms with Crippen LogP contribution in [0.2, 0.25) is 0 Å². The Labute approximate surface area is 418 Å². The predicted octanol–water partition coefficient (Wildman–Crippen LogP) is 19.3. The summed E-state index contributed by atoms with van der Waals surface area (Å²) in [7, 11) is 0. The molecule has 2 nitrogen and oxygen atoms in total. The van der Waals surface area contributed by atoms with Gasteiger partial charge in [0.1, 0.15) is 0 Å². The van der Waals surface area contributed by atoms with Gasteiger partial charge in [-0.3, -0.25) is 0 Å². The lowest BCUT2D eigenvalue weighted by Crippen LogP contribution is -2.30. The van der Waals surface area contributed by atoms with Gasteiger partial charge >= 0.3 is 0 Å². The van der Waals surface area contributed by atoms with Crippen LogP contribution >= 0.6 is 22.7 Å². The third-order valence-electron chi connectivity index (χ3n) is 17.4. The van der Waals surface area contributed by atoms with Gasteiger partial charge < -0.3 is 9.80 Å². The molecule has 4 heterocycles. The SMILES string of the molecule is CC1(C)c2ccccc2-c2ccc(N3c4ccccc4C(C)(C)c4c3ccc3c4sc4cc5c(cc43)sc3c4c(ccc35)N(c3ccc5c(c3)C(C)(C)c3ccccc3-5)c3ccccc3C4(C)C)cc21. The van der Waals surface area contributed by atoms with Crippen molar-refractivity contribution in [2.45, 2.75) is 77.0 Å². The van der Waals surface area contributed by atoms with Crippen molar-refractivity contribution in [2.75, 3.05) is 9.80 Å². The van der Waals surface area contributed by atoms with Crippen LogP contribution in [0.25, 0.3) is 62.6 Å². The summed E-state index contributed by atoms with van der Waals surface area (Å²) in [5.41, 5.74) is 23.5. The van der Waals surface area contributed by atoms with Crippen molar-refractivity contribution in [3.8, 4) is 22.3 Å². The second-order valence-electron chi connectivity index (χ2n) is 22.5. The normalized spacial score (nSPS) is 17.0. The highest BCUT2D eigenvalue weighted by Gasteiger charge is 2.43. The Bertz CT molecular complexity index is 3890. The second-order valence-corrected chi connectivity index (χ2v) is 24.6.